The Labute approximate surface area is 107 Å². The fourth-order valence-corrected chi connectivity index (χ4v) is 1.91. The van der Waals surface area contributed by atoms with Gasteiger partial charge in [0, 0.05) is 14.1 Å². The summed E-state index contributed by atoms with van der Waals surface area (Å²) in [5.74, 6) is 0.0613. The normalized spacial score (nSPS) is 13.1. The Bertz CT molecular complexity index is 699. The number of aliphatic hydroxyl groups excluding tert-OH is 1. The summed E-state index contributed by atoms with van der Waals surface area (Å²) in [6, 6.07) is 0. The third-order valence-corrected chi connectivity index (χ3v) is 3.16. The number of fused-ring (bicyclic) bond motifs is 1. The lowest BCUT2D eigenvalue weighted by molar-refractivity contribution is 0.178. The van der Waals surface area contributed by atoms with Crippen LogP contribution in [0.2, 0.25) is 0 Å². The van der Waals surface area contributed by atoms with Crippen molar-refractivity contribution in [2.24, 2.45) is 14.1 Å². The van der Waals surface area contributed by atoms with E-state index in [0.29, 0.717) is 5.65 Å². The predicted molar refractivity (Wildman–Crippen MR) is 66.9 cm³/mol. The third-order valence-electron chi connectivity index (χ3n) is 2.80. The summed E-state index contributed by atoms with van der Waals surface area (Å²) in [5.41, 5.74) is -0.295. The molecular formula is C10H13ClN4O3. The van der Waals surface area contributed by atoms with Crippen molar-refractivity contribution in [2.75, 3.05) is 5.88 Å². The summed E-state index contributed by atoms with van der Waals surface area (Å²) in [4.78, 5) is 27.8. The first-order valence-electron chi connectivity index (χ1n) is 5.32. The molecule has 0 aliphatic rings. The standard InChI is InChI=1S/C10H13ClN4O3/c1-13-8-7(9(17)14(2)10(13)18)15(5-12-8)4-6(16)3-11/h5-6,16H,3-4H2,1-2H3/t6-/m0/s1. The van der Waals surface area contributed by atoms with Crippen LogP contribution in [0.4, 0.5) is 0 Å². The number of aliphatic hydroxyl groups is 1. The molecule has 7 nitrogen and oxygen atoms in total. The molecule has 0 aromatic carbocycles. The molecule has 2 rings (SSSR count). The fraction of sp³-hybridized carbons (Fsp3) is 0.500. The van der Waals surface area contributed by atoms with Crippen LogP contribution in [-0.4, -0.2) is 35.8 Å². The van der Waals surface area contributed by atoms with Gasteiger partial charge in [0.15, 0.2) is 11.2 Å². The number of imidazole rings is 1. The maximum absolute atomic E-state index is 12.0. The fourth-order valence-electron chi connectivity index (χ4n) is 1.81. The van der Waals surface area contributed by atoms with Crippen LogP contribution in [0.25, 0.3) is 11.2 Å². The van der Waals surface area contributed by atoms with Gasteiger partial charge in [0.2, 0.25) is 0 Å². The lowest BCUT2D eigenvalue weighted by atomic mass is 10.4. The number of halogens is 1. The van der Waals surface area contributed by atoms with Gasteiger partial charge in [-0.3, -0.25) is 13.9 Å². The summed E-state index contributed by atoms with van der Waals surface area (Å²) in [6.07, 6.45) is 0.646. The van der Waals surface area contributed by atoms with Crippen LogP contribution in [-0.2, 0) is 20.6 Å². The van der Waals surface area contributed by atoms with Crippen molar-refractivity contribution in [3.05, 3.63) is 27.2 Å². The topological polar surface area (TPSA) is 82.0 Å². The van der Waals surface area contributed by atoms with Crippen molar-refractivity contribution in [2.45, 2.75) is 12.6 Å². The Kier molecular flexibility index (Phi) is 3.27. The molecule has 2 aromatic rings. The summed E-state index contributed by atoms with van der Waals surface area (Å²) in [5, 5.41) is 9.52. The van der Waals surface area contributed by atoms with E-state index in [1.165, 1.54) is 22.5 Å². The highest BCUT2D eigenvalue weighted by Gasteiger charge is 2.15. The molecule has 0 radical (unpaired) electrons. The van der Waals surface area contributed by atoms with Crippen LogP contribution in [0.3, 0.4) is 0 Å². The average molecular weight is 273 g/mol. The Balaban J connectivity index is 2.74. The minimum atomic E-state index is -0.772. The van der Waals surface area contributed by atoms with Crippen molar-refractivity contribution in [3.63, 3.8) is 0 Å². The van der Waals surface area contributed by atoms with Gasteiger partial charge in [-0.1, -0.05) is 0 Å². The van der Waals surface area contributed by atoms with Crippen LogP contribution in [0.15, 0.2) is 15.9 Å². The molecule has 0 aliphatic carbocycles. The van der Waals surface area contributed by atoms with Crippen molar-refractivity contribution in [3.8, 4) is 0 Å². The number of aromatic nitrogens is 4. The van der Waals surface area contributed by atoms with E-state index in [-0.39, 0.29) is 17.9 Å². The lowest BCUT2D eigenvalue weighted by Gasteiger charge is -2.09. The van der Waals surface area contributed by atoms with Gasteiger partial charge in [-0.2, -0.15) is 0 Å². The maximum atomic E-state index is 12.0. The number of hydrogen-bond acceptors (Lipinski definition) is 4. The van der Waals surface area contributed by atoms with E-state index >= 15 is 0 Å². The van der Waals surface area contributed by atoms with Gasteiger partial charge in [-0.25, -0.2) is 9.78 Å². The molecule has 0 fully saturated rings. The Morgan fingerprint density at radius 2 is 2.06 bits per heavy atom. The van der Waals surface area contributed by atoms with E-state index in [9.17, 15) is 14.7 Å². The zero-order chi connectivity index (χ0) is 13.4. The van der Waals surface area contributed by atoms with E-state index in [0.717, 1.165) is 4.57 Å². The molecule has 18 heavy (non-hydrogen) atoms. The summed E-state index contributed by atoms with van der Waals surface area (Å²) in [7, 11) is 2.94. The molecule has 0 unspecified atom stereocenters. The van der Waals surface area contributed by atoms with Crippen molar-refractivity contribution in [1.29, 1.82) is 0 Å². The van der Waals surface area contributed by atoms with Gasteiger partial charge in [0.05, 0.1) is 24.9 Å². The largest absolute Gasteiger partial charge is 0.390 e. The van der Waals surface area contributed by atoms with Gasteiger partial charge < -0.3 is 9.67 Å². The molecule has 0 amide bonds. The molecule has 0 spiro atoms. The number of aryl methyl sites for hydroxylation is 1. The molecule has 1 atom stereocenters. The Morgan fingerprint density at radius 3 is 2.67 bits per heavy atom. The molecule has 1 N–H and O–H groups in total. The summed E-state index contributed by atoms with van der Waals surface area (Å²) < 4.78 is 3.80. The second kappa shape index (κ2) is 4.58. The lowest BCUT2D eigenvalue weighted by Crippen LogP contribution is -2.37. The van der Waals surface area contributed by atoms with Crippen molar-refractivity contribution in [1.82, 2.24) is 18.7 Å². The number of nitrogens with zero attached hydrogens (tertiary/aromatic N) is 4. The molecule has 8 heteroatoms. The minimum Gasteiger partial charge on any atom is -0.390 e. The van der Waals surface area contributed by atoms with E-state index in [2.05, 4.69) is 4.98 Å². The quantitative estimate of drug-likeness (QED) is 0.729. The summed E-state index contributed by atoms with van der Waals surface area (Å²) >= 11 is 5.53. The Hall–Kier alpha value is -1.60. The average Bonchev–Trinajstić information content (AvgIpc) is 2.77. The highest BCUT2D eigenvalue weighted by atomic mass is 35.5. The van der Waals surface area contributed by atoms with Crippen molar-refractivity contribution >= 4 is 22.8 Å². The molecule has 98 valence electrons. The van der Waals surface area contributed by atoms with Crippen LogP contribution in [0.5, 0.6) is 0 Å². The second-order valence-electron chi connectivity index (χ2n) is 4.08. The highest BCUT2D eigenvalue weighted by molar-refractivity contribution is 6.18. The van der Waals surface area contributed by atoms with E-state index < -0.39 is 17.4 Å². The van der Waals surface area contributed by atoms with Gasteiger partial charge in [-0.15, -0.1) is 11.6 Å². The first kappa shape index (κ1) is 12.8. The molecule has 0 bridgehead atoms. The molecular weight excluding hydrogens is 260 g/mol. The van der Waals surface area contributed by atoms with Crippen LogP contribution in [0.1, 0.15) is 0 Å². The Morgan fingerprint density at radius 1 is 1.39 bits per heavy atom. The minimum absolute atomic E-state index is 0.0613. The molecule has 0 saturated carbocycles. The van der Waals surface area contributed by atoms with Gasteiger partial charge in [-0.05, 0) is 0 Å². The van der Waals surface area contributed by atoms with Crippen LogP contribution >= 0.6 is 11.6 Å². The van der Waals surface area contributed by atoms with Crippen molar-refractivity contribution < 1.29 is 5.11 Å². The molecule has 2 heterocycles. The van der Waals surface area contributed by atoms with E-state index in [1.54, 1.807) is 7.05 Å². The second-order valence-corrected chi connectivity index (χ2v) is 4.39. The first-order valence-corrected chi connectivity index (χ1v) is 5.85. The summed E-state index contributed by atoms with van der Waals surface area (Å²) in [6.45, 7) is 0.160. The van der Waals surface area contributed by atoms with Crippen LogP contribution in [0, 0.1) is 0 Å². The predicted octanol–water partition coefficient (Wildman–Crippen LogP) is -0.967. The van der Waals surface area contributed by atoms with E-state index in [1.807, 2.05) is 0 Å². The maximum Gasteiger partial charge on any atom is 0.332 e. The first-order chi connectivity index (χ1) is 8.47. The smallest absolute Gasteiger partial charge is 0.332 e. The van der Waals surface area contributed by atoms with E-state index in [4.69, 9.17) is 11.6 Å². The monoisotopic (exact) mass is 272 g/mol. The SMILES string of the molecule is Cn1c(=O)c2c(ncn2C[C@@H](O)CCl)n(C)c1=O. The molecule has 0 aliphatic heterocycles. The molecule has 2 aromatic heterocycles. The van der Waals surface area contributed by atoms with Gasteiger partial charge >= 0.3 is 5.69 Å². The molecule has 0 saturated heterocycles. The van der Waals surface area contributed by atoms with Gasteiger partial charge in [0.1, 0.15) is 0 Å². The third kappa shape index (κ3) is 1.85. The highest BCUT2D eigenvalue weighted by Crippen LogP contribution is 2.06. The zero-order valence-corrected chi connectivity index (χ0v) is 10.8. The number of alkyl halides is 1. The van der Waals surface area contributed by atoms with Crippen LogP contribution < -0.4 is 11.2 Å². The number of hydrogen-bond donors (Lipinski definition) is 1. The zero-order valence-electron chi connectivity index (χ0n) is 10.00. The van der Waals surface area contributed by atoms with Gasteiger partial charge in [0.25, 0.3) is 5.56 Å². The number of rotatable bonds is 3.